The SMILES string of the molecule is CCCNC(=O)C(C)N(Cc1ccc(Cl)cc1Cl)C(=O)Cc1ccc(Cl)cc1Cl. The van der Waals surface area contributed by atoms with E-state index < -0.39 is 6.04 Å². The zero-order valence-corrected chi connectivity index (χ0v) is 19.2. The standard InChI is InChI=1S/C21H22Cl4N2O2/c1-3-8-26-21(29)13(2)27(12-15-5-7-17(23)11-19(15)25)20(28)9-14-4-6-16(22)10-18(14)24/h4-7,10-11,13H,3,8-9,12H2,1-2H3,(H,26,29). The van der Waals surface area contributed by atoms with Crippen molar-refractivity contribution in [3.05, 3.63) is 67.6 Å². The highest BCUT2D eigenvalue weighted by atomic mass is 35.5. The first-order chi connectivity index (χ1) is 13.7. The van der Waals surface area contributed by atoms with Crippen molar-refractivity contribution in [2.45, 2.75) is 39.3 Å². The maximum atomic E-state index is 13.1. The summed E-state index contributed by atoms with van der Waals surface area (Å²) in [7, 11) is 0. The third-order valence-electron chi connectivity index (χ3n) is 4.43. The first kappa shape index (κ1) is 23.8. The molecular formula is C21H22Cl4N2O2. The Labute approximate surface area is 191 Å². The minimum absolute atomic E-state index is 0.0343. The molecule has 2 amide bonds. The molecule has 0 heterocycles. The summed E-state index contributed by atoms with van der Waals surface area (Å²) >= 11 is 24.4. The van der Waals surface area contributed by atoms with E-state index in [0.29, 0.717) is 37.8 Å². The molecule has 1 atom stereocenters. The Morgan fingerprint density at radius 1 is 0.966 bits per heavy atom. The predicted octanol–water partition coefficient (Wildman–Crippen LogP) is 5.79. The average molecular weight is 476 g/mol. The van der Waals surface area contributed by atoms with Crippen molar-refractivity contribution >= 4 is 58.2 Å². The quantitative estimate of drug-likeness (QED) is 0.525. The molecule has 1 unspecified atom stereocenters. The van der Waals surface area contributed by atoms with Crippen LogP contribution >= 0.6 is 46.4 Å². The summed E-state index contributed by atoms with van der Waals surface area (Å²) in [6, 6.07) is 9.33. The molecule has 0 spiro atoms. The fraction of sp³-hybridized carbons (Fsp3) is 0.333. The number of carbonyl (C=O) groups excluding carboxylic acids is 2. The molecule has 0 saturated carbocycles. The largest absolute Gasteiger partial charge is 0.354 e. The van der Waals surface area contributed by atoms with Gasteiger partial charge in [0.15, 0.2) is 0 Å². The van der Waals surface area contributed by atoms with Crippen LogP contribution in [0.3, 0.4) is 0 Å². The first-order valence-electron chi connectivity index (χ1n) is 9.18. The van der Waals surface area contributed by atoms with E-state index in [1.165, 1.54) is 4.90 Å². The molecule has 2 rings (SSSR count). The Morgan fingerprint density at radius 3 is 2.03 bits per heavy atom. The number of benzene rings is 2. The van der Waals surface area contributed by atoms with Gasteiger partial charge in [0, 0.05) is 33.2 Å². The molecule has 0 saturated heterocycles. The summed E-state index contributed by atoms with van der Waals surface area (Å²) in [4.78, 5) is 27.2. The third-order valence-corrected chi connectivity index (χ3v) is 5.60. The van der Waals surface area contributed by atoms with Gasteiger partial charge in [0.1, 0.15) is 6.04 Å². The summed E-state index contributed by atoms with van der Waals surface area (Å²) in [5.74, 6) is -0.480. The van der Waals surface area contributed by atoms with Crippen molar-refractivity contribution in [3.63, 3.8) is 0 Å². The molecule has 0 aliphatic heterocycles. The van der Waals surface area contributed by atoms with Crippen LogP contribution in [-0.4, -0.2) is 29.3 Å². The van der Waals surface area contributed by atoms with Crippen molar-refractivity contribution in [1.82, 2.24) is 10.2 Å². The van der Waals surface area contributed by atoms with E-state index in [1.54, 1.807) is 43.3 Å². The molecule has 2 aromatic rings. The highest BCUT2D eigenvalue weighted by Crippen LogP contribution is 2.25. The molecule has 29 heavy (non-hydrogen) atoms. The van der Waals surface area contributed by atoms with Gasteiger partial charge >= 0.3 is 0 Å². The number of nitrogens with one attached hydrogen (secondary N) is 1. The minimum atomic E-state index is -0.688. The van der Waals surface area contributed by atoms with E-state index in [4.69, 9.17) is 46.4 Å². The van der Waals surface area contributed by atoms with Crippen LogP contribution in [0.4, 0.5) is 0 Å². The topological polar surface area (TPSA) is 49.4 Å². The minimum Gasteiger partial charge on any atom is -0.354 e. The van der Waals surface area contributed by atoms with Crippen LogP contribution < -0.4 is 5.32 Å². The number of nitrogens with zero attached hydrogens (tertiary/aromatic N) is 1. The van der Waals surface area contributed by atoms with E-state index in [2.05, 4.69) is 5.32 Å². The summed E-state index contributed by atoms with van der Waals surface area (Å²) in [6.07, 6.45) is 0.836. The second kappa shape index (κ2) is 11.1. The normalized spacial score (nSPS) is 11.8. The molecule has 8 heteroatoms. The molecule has 0 radical (unpaired) electrons. The monoisotopic (exact) mass is 474 g/mol. The fourth-order valence-electron chi connectivity index (χ4n) is 2.74. The molecule has 0 bridgehead atoms. The Bertz CT molecular complexity index is 889. The fourth-order valence-corrected chi connectivity index (χ4v) is 3.69. The van der Waals surface area contributed by atoms with Gasteiger partial charge in [-0.3, -0.25) is 9.59 Å². The van der Waals surface area contributed by atoms with Crippen molar-refractivity contribution in [3.8, 4) is 0 Å². The van der Waals surface area contributed by atoms with Crippen molar-refractivity contribution < 1.29 is 9.59 Å². The number of carbonyl (C=O) groups is 2. The van der Waals surface area contributed by atoms with Gasteiger partial charge < -0.3 is 10.2 Å². The van der Waals surface area contributed by atoms with Gasteiger partial charge in [0.25, 0.3) is 0 Å². The van der Waals surface area contributed by atoms with Crippen LogP contribution in [0.5, 0.6) is 0 Å². The number of hydrogen-bond donors (Lipinski definition) is 1. The first-order valence-corrected chi connectivity index (χ1v) is 10.7. The van der Waals surface area contributed by atoms with E-state index in [1.807, 2.05) is 6.92 Å². The molecule has 4 nitrogen and oxygen atoms in total. The van der Waals surface area contributed by atoms with E-state index in [-0.39, 0.29) is 24.8 Å². The third kappa shape index (κ3) is 6.78. The Balaban J connectivity index is 2.29. The molecule has 0 aromatic heterocycles. The maximum Gasteiger partial charge on any atom is 0.242 e. The van der Waals surface area contributed by atoms with Crippen molar-refractivity contribution in [2.75, 3.05) is 6.54 Å². The number of halogens is 4. The Morgan fingerprint density at radius 2 is 1.52 bits per heavy atom. The molecular weight excluding hydrogens is 454 g/mol. The molecule has 1 N–H and O–H groups in total. The number of rotatable bonds is 8. The van der Waals surface area contributed by atoms with Gasteiger partial charge in [-0.2, -0.15) is 0 Å². The summed E-state index contributed by atoms with van der Waals surface area (Å²) in [5, 5.41) is 4.65. The Hall–Kier alpha value is -1.46. The van der Waals surface area contributed by atoms with Gasteiger partial charge in [-0.1, -0.05) is 65.5 Å². The van der Waals surface area contributed by atoms with E-state index in [0.717, 1.165) is 6.42 Å². The molecule has 156 valence electrons. The zero-order valence-electron chi connectivity index (χ0n) is 16.1. The van der Waals surface area contributed by atoms with Crippen LogP contribution in [0.1, 0.15) is 31.4 Å². The lowest BCUT2D eigenvalue weighted by Crippen LogP contribution is -2.48. The second-order valence-electron chi connectivity index (χ2n) is 6.64. The van der Waals surface area contributed by atoms with Gasteiger partial charge in [0.05, 0.1) is 6.42 Å². The average Bonchev–Trinajstić information content (AvgIpc) is 2.67. The number of hydrogen-bond acceptors (Lipinski definition) is 2. The lowest BCUT2D eigenvalue weighted by Gasteiger charge is -2.29. The maximum absolute atomic E-state index is 13.1. The molecule has 0 fully saturated rings. The summed E-state index contributed by atoms with van der Waals surface area (Å²) < 4.78 is 0. The lowest BCUT2D eigenvalue weighted by molar-refractivity contribution is -0.140. The Kier molecular flexibility index (Phi) is 9.09. The van der Waals surface area contributed by atoms with Crippen LogP contribution in [0.25, 0.3) is 0 Å². The smallest absolute Gasteiger partial charge is 0.242 e. The molecule has 0 aliphatic carbocycles. The van der Waals surface area contributed by atoms with Crippen LogP contribution in [0.15, 0.2) is 36.4 Å². The highest BCUT2D eigenvalue weighted by molar-refractivity contribution is 6.35. The lowest BCUT2D eigenvalue weighted by atomic mass is 10.1. The van der Waals surface area contributed by atoms with Crippen LogP contribution in [0, 0.1) is 0 Å². The molecule has 0 aliphatic rings. The summed E-state index contributed by atoms with van der Waals surface area (Å²) in [5.41, 5.74) is 1.33. The van der Waals surface area contributed by atoms with Gasteiger partial charge in [-0.25, -0.2) is 0 Å². The highest BCUT2D eigenvalue weighted by Gasteiger charge is 2.27. The number of amides is 2. The summed E-state index contributed by atoms with van der Waals surface area (Å²) in [6.45, 7) is 4.36. The van der Waals surface area contributed by atoms with Gasteiger partial charge in [-0.05, 0) is 48.7 Å². The second-order valence-corrected chi connectivity index (χ2v) is 8.32. The molecule has 2 aromatic carbocycles. The van der Waals surface area contributed by atoms with Crippen molar-refractivity contribution in [1.29, 1.82) is 0 Å². The van der Waals surface area contributed by atoms with Crippen LogP contribution in [-0.2, 0) is 22.6 Å². The van der Waals surface area contributed by atoms with E-state index in [9.17, 15) is 9.59 Å². The predicted molar refractivity (Wildman–Crippen MR) is 120 cm³/mol. The van der Waals surface area contributed by atoms with Gasteiger partial charge in [0.2, 0.25) is 11.8 Å². The zero-order chi connectivity index (χ0) is 21.6. The van der Waals surface area contributed by atoms with E-state index >= 15 is 0 Å². The van der Waals surface area contributed by atoms with Gasteiger partial charge in [-0.15, -0.1) is 0 Å². The van der Waals surface area contributed by atoms with Crippen molar-refractivity contribution in [2.24, 2.45) is 0 Å². The van der Waals surface area contributed by atoms with Crippen LogP contribution in [0.2, 0.25) is 20.1 Å².